The molecular weight excluding hydrogens is 428 g/mol. The third-order valence-electron chi connectivity index (χ3n) is 6.53. The number of piperidine rings is 1. The Labute approximate surface area is 186 Å². The van der Waals surface area contributed by atoms with Gasteiger partial charge in [-0.1, -0.05) is 0 Å². The zero-order chi connectivity index (χ0) is 22.3. The minimum absolute atomic E-state index is 0.316. The Hall–Kier alpha value is -3.16. The second kappa shape index (κ2) is 8.07. The van der Waals surface area contributed by atoms with Crippen molar-refractivity contribution in [2.75, 3.05) is 38.2 Å². The molecule has 5 heterocycles. The Kier molecular flexibility index (Phi) is 5.23. The number of hydrogen-bond acceptors (Lipinski definition) is 7. The molecule has 0 saturated carbocycles. The summed E-state index contributed by atoms with van der Waals surface area (Å²) in [5.74, 6) is 1.24. The van der Waals surface area contributed by atoms with Gasteiger partial charge in [-0.3, -0.25) is 0 Å². The van der Waals surface area contributed by atoms with Gasteiger partial charge in [0.05, 0.1) is 7.11 Å². The Bertz CT molecular complexity index is 1280. The number of rotatable bonds is 5. The van der Waals surface area contributed by atoms with E-state index in [-0.39, 0.29) is 0 Å². The number of methoxy groups -OCH3 is 1. The van der Waals surface area contributed by atoms with E-state index < -0.39 is 15.3 Å². The predicted octanol–water partition coefficient (Wildman–Crippen LogP) is 2.24. The van der Waals surface area contributed by atoms with Crippen molar-refractivity contribution in [1.29, 1.82) is 5.26 Å². The molecule has 0 spiro atoms. The van der Waals surface area contributed by atoms with E-state index >= 15 is 0 Å². The summed E-state index contributed by atoms with van der Waals surface area (Å²) < 4.78 is 33.3. The lowest BCUT2D eigenvalue weighted by atomic mass is 9.90. The molecule has 0 aliphatic carbocycles. The summed E-state index contributed by atoms with van der Waals surface area (Å²) in [6, 6.07) is 7.73. The number of nitrogens with one attached hydrogen (secondary N) is 1. The van der Waals surface area contributed by atoms with Gasteiger partial charge >= 0.3 is 0 Å². The first kappa shape index (κ1) is 20.7. The molecule has 2 aliphatic rings. The quantitative estimate of drug-likeness (QED) is 0.631. The lowest BCUT2D eigenvalue weighted by Crippen LogP contribution is -2.59. The van der Waals surface area contributed by atoms with Gasteiger partial charge in [0.1, 0.15) is 34.1 Å². The van der Waals surface area contributed by atoms with Gasteiger partial charge in [0.2, 0.25) is 10.0 Å². The maximum Gasteiger partial charge on any atom is 0.220 e. The molecule has 0 bridgehead atoms. The maximum absolute atomic E-state index is 13.2. The van der Waals surface area contributed by atoms with Crippen LogP contribution < -0.4 is 9.64 Å². The van der Waals surface area contributed by atoms with Gasteiger partial charge in [0.25, 0.3) is 0 Å². The van der Waals surface area contributed by atoms with Crippen molar-refractivity contribution in [1.82, 2.24) is 19.3 Å². The first-order valence-electron chi connectivity index (χ1n) is 10.6. The number of aromatic nitrogens is 3. The lowest BCUT2D eigenvalue weighted by molar-refractivity contribution is 0.313. The molecule has 0 atom stereocenters. The van der Waals surface area contributed by atoms with Crippen LogP contribution in [0.15, 0.2) is 36.8 Å². The summed E-state index contributed by atoms with van der Waals surface area (Å²) in [6.07, 6.45) is 6.91. The van der Waals surface area contributed by atoms with Gasteiger partial charge in [0, 0.05) is 50.2 Å². The molecule has 32 heavy (non-hydrogen) atoms. The molecule has 0 amide bonds. The third kappa shape index (κ3) is 3.38. The van der Waals surface area contributed by atoms with Gasteiger partial charge in [-0.2, -0.15) is 5.26 Å². The fraction of sp³-hybridized carbons (Fsp3) is 0.409. The monoisotopic (exact) mass is 452 g/mol. The molecule has 0 radical (unpaired) electrons. The average Bonchev–Trinajstić information content (AvgIpc) is 3.22. The fourth-order valence-electron chi connectivity index (χ4n) is 4.70. The van der Waals surface area contributed by atoms with Gasteiger partial charge in [-0.15, -0.1) is 0 Å². The number of nitriles is 1. The topological polar surface area (TPSA) is 115 Å². The number of pyridine rings is 2. The van der Waals surface area contributed by atoms with Crippen molar-refractivity contribution < 1.29 is 13.2 Å². The smallest absolute Gasteiger partial charge is 0.220 e. The van der Waals surface area contributed by atoms with Crippen molar-refractivity contribution in [3.05, 3.63) is 47.9 Å². The summed E-state index contributed by atoms with van der Waals surface area (Å²) in [7, 11) is -1.91. The summed E-state index contributed by atoms with van der Waals surface area (Å²) >= 11 is 0. The minimum Gasteiger partial charge on any atom is -0.495 e. The number of ether oxygens (including phenoxy) is 1. The van der Waals surface area contributed by atoms with Crippen LogP contribution in [0.2, 0.25) is 0 Å². The number of fused-ring (bicyclic) bond motifs is 1. The summed E-state index contributed by atoms with van der Waals surface area (Å²) in [5, 5.41) is 10.1. The molecular formula is C22H24N6O3S. The fourth-order valence-corrected chi connectivity index (χ4v) is 6.57. The summed E-state index contributed by atoms with van der Waals surface area (Å²) in [5.41, 5.74) is 2.42. The molecule has 3 aromatic rings. The van der Waals surface area contributed by atoms with Crippen molar-refractivity contribution in [2.45, 2.75) is 24.0 Å². The average molecular weight is 453 g/mol. The SMILES string of the molecule is COc1ccnc(N2CC(S(=O)(=O)N3CCC(c4c[nH]c5ncccc45)CC3)C2)c1C#N. The zero-order valence-corrected chi connectivity index (χ0v) is 18.5. The predicted molar refractivity (Wildman–Crippen MR) is 120 cm³/mol. The van der Waals surface area contributed by atoms with Gasteiger partial charge < -0.3 is 14.6 Å². The molecule has 166 valence electrons. The summed E-state index contributed by atoms with van der Waals surface area (Å²) in [6.45, 7) is 1.67. The highest BCUT2D eigenvalue weighted by molar-refractivity contribution is 7.89. The molecule has 5 rings (SSSR count). The summed E-state index contributed by atoms with van der Waals surface area (Å²) in [4.78, 5) is 13.7. The molecule has 1 N–H and O–H groups in total. The highest BCUT2D eigenvalue weighted by Gasteiger charge is 2.43. The van der Waals surface area contributed by atoms with Crippen LogP contribution in [-0.4, -0.2) is 66.2 Å². The van der Waals surface area contributed by atoms with Crippen LogP contribution >= 0.6 is 0 Å². The van der Waals surface area contributed by atoms with E-state index in [9.17, 15) is 13.7 Å². The zero-order valence-electron chi connectivity index (χ0n) is 17.7. The number of sulfonamides is 1. The minimum atomic E-state index is -3.41. The highest BCUT2D eigenvalue weighted by atomic mass is 32.2. The first-order valence-corrected chi connectivity index (χ1v) is 12.1. The van der Waals surface area contributed by atoms with E-state index in [1.165, 1.54) is 12.7 Å². The maximum atomic E-state index is 13.2. The van der Waals surface area contributed by atoms with E-state index in [1.807, 2.05) is 17.2 Å². The Morgan fingerprint density at radius 2 is 1.97 bits per heavy atom. The molecule has 2 saturated heterocycles. The van der Waals surface area contributed by atoms with Crippen LogP contribution in [0, 0.1) is 11.3 Å². The van der Waals surface area contributed by atoms with Crippen molar-refractivity contribution >= 4 is 26.9 Å². The first-order chi connectivity index (χ1) is 15.5. The van der Waals surface area contributed by atoms with Crippen LogP contribution in [-0.2, 0) is 10.0 Å². The van der Waals surface area contributed by atoms with Crippen LogP contribution in [0.4, 0.5) is 5.82 Å². The Balaban J connectivity index is 1.24. The Morgan fingerprint density at radius 3 is 2.69 bits per heavy atom. The molecule has 3 aromatic heterocycles. The van der Waals surface area contributed by atoms with Crippen LogP contribution in [0.3, 0.4) is 0 Å². The molecule has 9 nitrogen and oxygen atoms in total. The standard InChI is InChI=1S/C22H24N6O3S/c1-31-20-4-8-25-22(18(20)11-23)27-13-16(14-27)32(29,30)28-9-5-15(6-10-28)19-12-26-21-17(19)3-2-7-24-21/h2-4,7-8,12,15-16H,5-6,9-10,13-14H2,1H3,(H,24,26). The van der Waals surface area contributed by atoms with Crippen LogP contribution in [0.25, 0.3) is 11.0 Å². The number of H-pyrrole nitrogens is 1. The molecule has 2 aliphatic heterocycles. The van der Waals surface area contributed by atoms with Crippen LogP contribution in [0.1, 0.15) is 29.9 Å². The molecule has 10 heteroatoms. The lowest BCUT2D eigenvalue weighted by Gasteiger charge is -2.43. The van der Waals surface area contributed by atoms with E-state index in [0.29, 0.717) is 49.2 Å². The second-order valence-electron chi connectivity index (χ2n) is 8.21. The largest absolute Gasteiger partial charge is 0.495 e. The normalized spacial score (nSPS) is 18.4. The third-order valence-corrected chi connectivity index (χ3v) is 8.76. The van der Waals surface area contributed by atoms with E-state index in [4.69, 9.17) is 4.74 Å². The highest BCUT2D eigenvalue weighted by Crippen LogP contribution is 2.36. The van der Waals surface area contributed by atoms with E-state index in [2.05, 4.69) is 27.1 Å². The number of nitrogens with zero attached hydrogens (tertiary/aromatic N) is 5. The van der Waals surface area contributed by atoms with Crippen molar-refractivity contribution in [3.8, 4) is 11.8 Å². The second-order valence-corrected chi connectivity index (χ2v) is 10.4. The number of hydrogen-bond donors (Lipinski definition) is 1. The van der Waals surface area contributed by atoms with E-state index in [1.54, 1.807) is 22.8 Å². The molecule has 0 aromatic carbocycles. The molecule has 0 unspecified atom stereocenters. The van der Waals surface area contributed by atoms with Crippen molar-refractivity contribution in [3.63, 3.8) is 0 Å². The van der Waals surface area contributed by atoms with Crippen LogP contribution in [0.5, 0.6) is 5.75 Å². The van der Waals surface area contributed by atoms with Gasteiger partial charge in [0.15, 0.2) is 0 Å². The van der Waals surface area contributed by atoms with Crippen molar-refractivity contribution in [2.24, 2.45) is 0 Å². The van der Waals surface area contributed by atoms with E-state index in [0.717, 1.165) is 23.9 Å². The van der Waals surface area contributed by atoms with Gasteiger partial charge in [-0.05, 0) is 42.5 Å². The van der Waals surface area contributed by atoms with Gasteiger partial charge in [-0.25, -0.2) is 22.7 Å². The Morgan fingerprint density at radius 1 is 1.19 bits per heavy atom. The number of anilines is 1. The molecule has 2 fully saturated rings. The number of aromatic amines is 1.